The van der Waals surface area contributed by atoms with E-state index in [1.807, 2.05) is 0 Å². The highest BCUT2D eigenvalue weighted by molar-refractivity contribution is 7.66. The molecular weight excluding hydrogens is 467 g/mol. The molecule has 7 rings (SSSR count). The lowest BCUT2D eigenvalue weighted by atomic mass is 9.90. The maximum atomic E-state index is 4.25. The van der Waals surface area contributed by atoms with Crippen LogP contribution in [0.5, 0.6) is 0 Å². The molecule has 2 unspecified atom stereocenters. The van der Waals surface area contributed by atoms with Gasteiger partial charge in [-0.25, -0.2) is 0 Å². The molecule has 1 aliphatic carbocycles. The van der Waals surface area contributed by atoms with Crippen molar-refractivity contribution in [2.75, 3.05) is 0 Å². The molecule has 0 spiro atoms. The van der Waals surface area contributed by atoms with Crippen LogP contribution in [0.4, 0.5) is 0 Å². The summed E-state index contributed by atoms with van der Waals surface area (Å²) in [6.07, 6.45) is 5.10. The molecule has 2 fully saturated rings. The lowest BCUT2D eigenvalue weighted by Gasteiger charge is -2.34. The van der Waals surface area contributed by atoms with Gasteiger partial charge in [-0.1, -0.05) is 116 Å². The average molecular weight is 501 g/mol. The molecule has 2 N–H and O–H groups in total. The first-order valence-electron chi connectivity index (χ1n) is 13.7. The summed E-state index contributed by atoms with van der Waals surface area (Å²) in [5.74, 6) is 0.554. The van der Waals surface area contributed by atoms with E-state index in [-0.39, 0.29) is 11.6 Å². The van der Waals surface area contributed by atoms with Crippen LogP contribution in [0.1, 0.15) is 48.4 Å². The van der Waals surface area contributed by atoms with Gasteiger partial charge >= 0.3 is 0 Å². The summed E-state index contributed by atoms with van der Waals surface area (Å²) in [4.78, 5) is 0. The third kappa shape index (κ3) is 4.48. The van der Waals surface area contributed by atoms with E-state index in [1.54, 1.807) is 0 Å². The quantitative estimate of drug-likeness (QED) is 0.245. The molecule has 0 aromatic heterocycles. The molecule has 0 radical (unpaired) electrons. The van der Waals surface area contributed by atoms with Gasteiger partial charge in [0.1, 0.15) is 0 Å². The Labute approximate surface area is 220 Å². The second-order valence-electron chi connectivity index (χ2n) is 10.6. The molecule has 3 heteroatoms. The summed E-state index contributed by atoms with van der Waals surface area (Å²) in [5, 5.41) is 15.2. The maximum Gasteiger partial charge on any atom is 0.0585 e. The number of fused-ring (bicyclic) bond motifs is 3. The highest BCUT2D eigenvalue weighted by Crippen LogP contribution is 2.60. The zero-order valence-corrected chi connectivity index (χ0v) is 21.9. The Morgan fingerprint density at radius 3 is 1.46 bits per heavy atom. The predicted octanol–water partition coefficient (Wildman–Crippen LogP) is 8.00. The molecule has 0 amide bonds. The monoisotopic (exact) mass is 500 g/mol. The normalized spacial score (nSPS) is 26.0. The van der Waals surface area contributed by atoms with Gasteiger partial charge < -0.3 is 10.6 Å². The standard InChI is InChI=1S/C34H33N2P/c1-2-14-30(15-3-1)37-33(28-20-18-24-10-4-6-12-26(24)22-28)35-31-16-8-9-17-32(31)36-34(37)29-21-19-25-11-5-7-13-27(25)23-29/h1-7,10-15,18-23,31-36H,8-9,16-17H2/t31-,32-,33?,34?,37?/m0/s1. The van der Waals surface area contributed by atoms with Gasteiger partial charge in [-0.2, -0.15) is 0 Å². The molecule has 1 heterocycles. The van der Waals surface area contributed by atoms with Crippen LogP contribution in [0.15, 0.2) is 115 Å². The molecule has 0 bridgehead atoms. The van der Waals surface area contributed by atoms with Gasteiger partial charge in [0.2, 0.25) is 0 Å². The first kappa shape index (κ1) is 23.1. The van der Waals surface area contributed by atoms with Crippen LogP contribution < -0.4 is 15.9 Å². The predicted molar refractivity (Wildman–Crippen MR) is 159 cm³/mol. The van der Waals surface area contributed by atoms with Gasteiger partial charge in [0.25, 0.3) is 0 Å². The first-order valence-corrected chi connectivity index (χ1v) is 15.1. The van der Waals surface area contributed by atoms with Crippen molar-refractivity contribution in [1.29, 1.82) is 0 Å². The molecule has 1 saturated heterocycles. The molecule has 5 aromatic rings. The number of hydrogen-bond donors (Lipinski definition) is 2. The minimum Gasteiger partial charge on any atom is -0.302 e. The fraction of sp³-hybridized carbons (Fsp3) is 0.235. The Bertz CT molecular complexity index is 1430. The van der Waals surface area contributed by atoms with Crippen molar-refractivity contribution in [2.45, 2.75) is 49.3 Å². The minimum atomic E-state index is -0.643. The second kappa shape index (κ2) is 10.0. The largest absolute Gasteiger partial charge is 0.302 e. The van der Waals surface area contributed by atoms with E-state index in [4.69, 9.17) is 0 Å². The molecular formula is C34H33N2P. The van der Waals surface area contributed by atoms with Crippen molar-refractivity contribution in [1.82, 2.24) is 10.6 Å². The lowest BCUT2D eigenvalue weighted by Crippen LogP contribution is -2.48. The van der Waals surface area contributed by atoms with Crippen molar-refractivity contribution in [3.8, 4) is 0 Å². The fourth-order valence-electron chi connectivity index (χ4n) is 6.41. The topological polar surface area (TPSA) is 24.1 Å². The number of hydrogen-bond acceptors (Lipinski definition) is 2. The second-order valence-corrected chi connectivity index (χ2v) is 13.0. The Hall–Kier alpha value is -3.03. The lowest BCUT2D eigenvalue weighted by molar-refractivity contribution is 0.287. The van der Waals surface area contributed by atoms with Gasteiger partial charge in [0, 0.05) is 12.1 Å². The number of rotatable bonds is 3. The number of benzene rings is 5. The van der Waals surface area contributed by atoms with E-state index >= 15 is 0 Å². The first-order chi connectivity index (χ1) is 18.3. The van der Waals surface area contributed by atoms with Crippen molar-refractivity contribution < 1.29 is 0 Å². The third-order valence-corrected chi connectivity index (χ3v) is 11.2. The van der Waals surface area contributed by atoms with Crippen molar-refractivity contribution in [3.63, 3.8) is 0 Å². The van der Waals surface area contributed by atoms with Gasteiger partial charge in [-0.05, 0) is 70.9 Å². The third-order valence-electron chi connectivity index (χ3n) is 8.30. The number of nitrogens with one attached hydrogen (secondary N) is 2. The van der Waals surface area contributed by atoms with Crippen LogP contribution in [0.25, 0.3) is 21.5 Å². The van der Waals surface area contributed by atoms with Crippen LogP contribution in [-0.2, 0) is 0 Å². The Morgan fingerprint density at radius 1 is 0.486 bits per heavy atom. The van der Waals surface area contributed by atoms with E-state index in [9.17, 15) is 0 Å². The fourth-order valence-corrected chi connectivity index (χ4v) is 9.49. The van der Waals surface area contributed by atoms with Crippen LogP contribution in [0.2, 0.25) is 0 Å². The summed E-state index contributed by atoms with van der Waals surface area (Å²) >= 11 is 0. The Kier molecular flexibility index (Phi) is 6.26. The summed E-state index contributed by atoms with van der Waals surface area (Å²) in [5.41, 5.74) is 2.82. The van der Waals surface area contributed by atoms with E-state index in [0.717, 1.165) is 0 Å². The van der Waals surface area contributed by atoms with Crippen molar-refractivity contribution in [2.24, 2.45) is 0 Å². The van der Waals surface area contributed by atoms with E-state index < -0.39 is 7.92 Å². The SMILES string of the molecule is c1ccc(P2C(c3ccc4ccccc4c3)N[C@H]3CCCC[C@@H]3NC2c2ccc3ccccc3c2)cc1. The highest BCUT2D eigenvalue weighted by atomic mass is 31.1. The Morgan fingerprint density at radius 2 is 0.946 bits per heavy atom. The summed E-state index contributed by atoms with van der Waals surface area (Å²) in [7, 11) is -0.643. The molecule has 1 aliphatic heterocycles. The van der Waals surface area contributed by atoms with E-state index in [0.29, 0.717) is 12.1 Å². The smallest absolute Gasteiger partial charge is 0.0585 e. The van der Waals surface area contributed by atoms with Gasteiger partial charge in [0.15, 0.2) is 0 Å². The van der Waals surface area contributed by atoms with Crippen molar-refractivity contribution in [3.05, 3.63) is 126 Å². The summed E-state index contributed by atoms with van der Waals surface area (Å²) in [6, 6.07) is 44.0. The summed E-state index contributed by atoms with van der Waals surface area (Å²) < 4.78 is 0. The Balaban J connectivity index is 1.42. The van der Waals surface area contributed by atoms with Crippen LogP contribution in [0.3, 0.4) is 0 Å². The molecule has 184 valence electrons. The van der Waals surface area contributed by atoms with Gasteiger partial charge in [-0.3, -0.25) is 0 Å². The molecule has 5 aromatic carbocycles. The minimum absolute atomic E-state index is 0.277. The summed E-state index contributed by atoms with van der Waals surface area (Å²) in [6.45, 7) is 0. The van der Waals surface area contributed by atoms with Gasteiger partial charge in [-0.15, -0.1) is 0 Å². The van der Waals surface area contributed by atoms with Crippen LogP contribution in [0, 0.1) is 0 Å². The highest BCUT2D eigenvalue weighted by Gasteiger charge is 2.41. The zero-order valence-electron chi connectivity index (χ0n) is 21.1. The molecule has 4 atom stereocenters. The maximum absolute atomic E-state index is 4.25. The van der Waals surface area contributed by atoms with Crippen molar-refractivity contribution >= 4 is 34.8 Å². The van der Waals surface area contributed by atoms with Gasteiger partial charge in [0.05, 0.1) is 11.6 Å². The average Bonchev–Trinajstić information content (AvgIpc) is 3.14. The molecule has 2 aliphatic rings. The van der Waals surface area contributed by atoms with Crippen LogP contribution in [-0.4, -0.2) is 12.1 Å². The van der Waals surface area contributed by atoms with E-state index in [1.165, 1.54) is 63.7 Å². The molecule has 1 saturated carbocycles. The molecule has 37 heavy (non-hydrogen) atoms. The zero-order chi connectivity index (χ0) is 24.6. The van der Waals surface area contributed by atoms with E-state index in [2.05, 4.69) is 126 Å². The molecule has 2 nitrogen and oxygen atoms in total. The van der Waals surface area contributed by atoms with Crippen LogP contribution >= 0.6 is 7.92 Å².